The van der Waals surface area contributed by atoms with E-state index in [-0.39, 0.29) is 34.8 Å². The van der Waals surface area contributed by atoms with Gasteiger partial charge in [-0.2, -0.15) is 0 Å². The van der Waals surface area contributed by atoms with Gasteiger partial charge in [-0.15, -0.1) is 11.8 Å². The number of fused-ring (bicyclic) bond motifs is 1. The maximum absolute atomic E-state index is 14.1. The fourth-order valence-electron chi connectivity index (χ4n) is 5.03. The summed E-state index contributed by atoms with van der Waals surface area (Å²) in [7, 11) is 0. The summed E-state index contributed by atoms with van der Waals surface area (Å²) in [6.45, 7) is 0. The van der Waals surface area contributed by atoms with Gasteiger partial charge in [0.2, 0.25) is 5.91 Å². The van der Waals surface area contributed by atoms with Gasteiger partial charge in [-0.3, -0.25) is 14.5 Å². The van der Waals surface area contributed by atoms with Crippen molar-refractivity contribution in [1.82, 2.24) is 20.2 Å². The van der Waals surface area contributed by atoms with Crippen LogP contribution in [0.3, 0.4) is 0 Å². The van der Waals surface area contributed by atoms with Gasteiger partial charge in [0.15, 0.2) is 11.3 Å². The van der Waals surface area contributed by atoms with Gasteiger partial charge in [0, 0.05) is 16.7 Å². The smallest absolute Gasteiger partial charge is 0.356 e. The van der Waals surface area contributed by atoms with Gasteiger partial charge in [0.05, 0.1) is 6.42 Å². The molecule has 2 amide bonds. The number of amides is 2. The number of carbonyl (C=O) groups is 3. The molecule has 0 aliphatic carbocycles. The minimum absolute atomic E-state index is 0.0822. The maximum Gasteiger partial charge on any atom is 0.356 e. The summed E-state index contributed by atoms with van der Waals surface area (Å²) in [6.07, 6.45) is -0.591. The Bertz CT molecular complexity index is 1660. The number of rotatable bonds is 9. The second-order valence-corrected chi connectivity index (χ2v) is 12.3. The predicted molar refractivity (Wildman–Crippen MR) is 170 cm³/mol. The molecule has 44 heavy (non-hydrogen) atoms. The Kier molecular flexibility index (Phi) is 8.53. The number of aromatic nitrogens is 2. The standard InChI is InChI=1S/C32H28N6O4S2/c33-23-17-24(34)36-32(35-23)44-22-18-43-30-26(37-25(39)16-19-10-4-1-5-11-19)29(40)38(30)27(22)31(41)42-28(20-12-6-2-7-13-20)21-14-8-3-9-15-21/h1-15,17,26,28,30H,16,18H2,(H,37,39)(H4,33,34,35,36)/t26?,30-/m1/s1. The zero-order chi connectivity index (χ0) is 30.6. The molecule has 1 aromatic heterocycles. The molecular weight excluding hydrogens is 597 g/mol. The number of ether oxygens (including phenoxy) is 1. The molecule has 6 rings (SSSR count). The lowest BCUT2D eigenvalue weighted by molar-refractivity contribution is -0.154. The van der Waals surface area contributed by atoms with Crippen molar-refractivity contribution in [2.24, 2.45) is 0 Å². The zero-order valence-corrected chi connectivity index (χ0v) is 25.0. The first-order valence-corrected chi connectivity index (χ1v) is 15.6. The number of β-lactam (4-membered cyclic amide) rings is 1. The first-order valence-electron chi connectivity index (χ1n) is 13.8. The van der Waals surface area contributed by atoms with Crippen molar-refractivity contribution in [2.75, 3.05) is 17.2 Å². The molecule has 222 valence electrons. The predicted octanol–water partition coefficient (Wildman–Crippen LogP) is 3.92. The first-order chi connectivity index (χ1) is 21.4. The molecule has 3 aromatic carbocycles. The van der Waals surface area contributed by atoms with Crippen LogP contribution in [0.5, 0.6) is 0 Å². The Morgan fingerprint density at radius 1 is 0.932 bits per heavy atom. The van der Waals surface area contributed by atoms with E-state index in [0.717, 1.165) is 28.5 Å². The van der Waals surface area contributed by atoms with Crippen LogP contribution < -0.4 is 16.8 Å². The molecule has 0 radical (unpaired) electrons. The van der Waals surface area contributed by atoms with E-state index < -0.39 is 29.4 Å². The van der Waals surface area contributed by atoms with E-state index in [4.69, 9.17) is 16.2 Å². The molecule has 12 heteroatoms. The van der Waals surface area contributed by atoms with E-state index in [2.05, 4.69) is 15.3 Å². The van der Waals surface area contributed by atoms with Crippen molar-refractivity contribution in [2.45, 2.75) is 29.1 Å². The van der Waals surface area contributed by atoms with E-state index in [9.17, 15) is 14.4 Å². The minimum atomic E-state index is -0.788. The van der Waals surface area contributed by atoms with Crippen LogP contribution in [-0.4, -0.2) is 49.8 Å². The number of nitrogen functional groups attached to an aromatic ring is 2. The van der Waals surface area contributed by atoms with E-state index in [0.29, 0.717) is 10.7 Å². The average Bonchev–Trinajstić information content (AvgIpc) is 3.03. The zero-order valence-electron chi connectivity index (χ0n) is 23.3. The molecular formula is C32H28N6O4S2. The van der Waals surface area contributed by atoms with Crippen molar-refractivity contribution in [3.63, 3.8) is 0 Å². The molecule has 1 saturated heterocycles. The fourth-order valence-corrected chi connectivity index (χ4v) is 7.46. The molecule has 4 aromatic rings. The summed E-state index contributed by atoms with van der Waals surface area (Å²) >= 11 is 2.53. The van der Waals surface area contributed by atoms with Crippen molar-refractivity contribution in [1.29, 1.82) is 0 Å². The quantitative estimate of drug-likeness (QED) is 0.142. The number of carbonyl (C=O) groups excluding carboxylic acids is 3. The van der Waals surface area contributed by atoms with Crippen molar-refractivity contribution < 1.29 is 19.1 Å². The number of thioether (sulfide) groups is 2. The highest BCUT2D eigenvalue weighted by Gasteiger charge is 2.55. The summed E-state index contributed by atoms with van der Waals surface area (Å²) in [5, 5.41) is 2.60. The monoisotopic (exact) mass is 624 g/mol. The van der Waals surface area contributed by atoms with Crippen LogP contribution in [0.1, 0.15) is 22.8 Å². The summed E-state index contributed by atoms with van der Waals surface area (Å²) < 4.78 is 6.18. The normalized spacial score (nSPS) is 17.6. The summed E-state index contributed by atoms with van der Waals surface area (Å²) in [5.74, 6) is -0.665. The Hall–Kier alpha value is -4.81. The van der Waals surface area contributed by atoms with E-state index in [1.807, 2.05) is 91.0 Å². The van der Waals surface area contributed by atoms with Crippen LogP contribution in [0.2, 0.25) is 0 Å². The Morgan fingerprint density at radius 2 is 1.50 bits per heavy atom. The van der Waals surface area contributed by atoms with E-state index in [1.54, 1.807) is 0 Å². The molecule has 0 spiro atoms. The van der Waals surface area contributed by atoms with Gasteiger partial charge in [-0.1, -0.05) is 103 Å². The molecule has 0 bridgehead atoms. The number of esters is 1. The molecule has 5 N–H and O–H groups in total. The first kappa shape index (κ1) is 29.3. The van der Waals surface area contributed by atoms with Crippen molar-refractivity contribution in [3.8, 4) is 0 Å². The summed E-state index contributed by atoms with van der Waals surface area (Å²) in [5.41, 5.74) is 14.3. The lowest BCUT2D eigenvalue weighted by atomic mass is 10.0. The number of nitrogens with zero attached hydrogens (tertiary/aromatic N) is 3. The Morgan fingerprint density at radius 3 is 2.09 bits per heavy atom. The number of hydrogen-bond acceptors (Lipinski definition) is 10. The van der Waals surface area contributed by atoms with Gasteiger partial charge >= 0.3 is 5.97 Å². The van der Waals surface area contributed by atoms with E-state index in [1.165, 1.54) is 22.7 Å². The van der Waals surface area contributed by atoms with Gasteiger partial charge in [-0.25, -0.2) is 14.8 Å². The van der Waals surface area contributed by atoms with Crippen LogP contribution in [0, 0.1) is 0 Å². The number of hydrogen-bond donors (Lipinski definition) is 3. The lowest BCUT2D eigenvalue weighted by Crippen LogP contribution is -2.70. The Labute approximate surface area is 262 Å². The molecule has 1 unspecified atom stereocenters. The Balaban J connectivity index is 1.31. The molecule has 2 aliphatic heterocycles. The van der Waals surface area contributed by atoms with Crippen LogP contribution in [0.15, 0.2) is 113 Å². The highest BCUT2D eigenvalue weighted by Crippen LogP contribution is 2.45. The molecule has 3 heterocycles. The van der Waals surface area contributed by atoms with Gasteiger partial charge < -0.3 is 21.5 Å². The number of nitrogens with one attached hydrogen (secondary N) is 1. The number of anilines is 2. The fraction of sp³-hybridized carbons (Fsp3) is 0.156. The molecule has 2 aliphatic rings. The SMILES string of the molecule is Nc1cc(N)nc(SC2=C(C(=O)OC(c3ccccc3)c3ccccc3)N3C(=O)C(NC(=O)Cc4ccccc4)[C@H]3SC2)n1. The number of benzene rings is 3. The van der Waals surface area contributed by atoms with Crippen LogP contribution in [0.25, 0.3) is 0 Å². The highest BCUT2D eigenvalue weighted by atomic mass is 32.2. The third-order valence-corrected chi connectivity index (χ3v) is 9.45. The molecule has 10 nitrogen and oxygen atoms in total. The van der Waals surface area contributed by atoms with Gasteiger partial charge in [0.1, 0.15) is 28.7 Å². The number of nitrogens with two attached hydrogens (primary N) is 2. The largest absolute Gasteiger partial charge is 0.448 e. The topological polar surface area (TPSA) is 154 Å². The van der Waals surface area contributed by atoms with Gasteiger partial charge in [0.25, 0.3) is 5.91 Å². The van der Waals surface area contributed by atoms with Crippen LogP contribution in [-0.2, 0) is 25.5 Å². The third-order valence-electron chi connectivity index (χ3n) is 7.04. The second-order valence-electron chi connectivity index (χ2n) is 10.1. The second kappa shape index (κ2) is 12.8. The minimum Gasteiger partial charge on any atom is -0.448 e. The van der Waals surface area contributed by atoms with Crippen LogP contribution >= 0.6 is 23.5 Å². The average molecular weight is 625 g/mol. The summed E-state index contributed by atoms with van der Waals surface area (Å²) in [4.78, 5) is 51.0. The lowest BCUT2D eigenvalue weighted by Gasteiger charge is -2.49. The molecule has 0 saturated carbocycles. The van der Waals surface area contributed by atoms with Crippen molar-refractivity contribution in [3.05, 3.63) is 124 Å². The van der Waals surface area contributed by atoms with Crippen molar-refractivity contribution >= 4 is 52.9 Å². The van der Waals surface area contributed by atoms with Gasteiger partial charge in [-0.05, 0) is 16.7 Å². The maximum atomic E-state index is 14.1. The summed E-state index contributed by atoms with van der Waals surface area (Å²) in [6, 6.07) is 28.7. The highest BCUT2D eigenvalue weighted by molar-refractivity contribution is 8.06. The molecule has 1 fully saturated rings. The van der Waals surface area contributed by atoms with E-state index >= 15 is 0 Å². The third kappa shape index (κ3) is 6.26. The van der Waals surface area contributed by atoms with Crippen LogP contribution in [0.4, 0.5) is 11.6 Å². The molecule has 2 atom stereocenters.